The summed E-state index contributed by atoms with van der Waals surface area (Å²) in [6.07, 6.45) is -1.05. The van der Waals surface area contributed by atoms with Crippen molar-refractivity contribution >= 4 is 21.7 Å². The Balaban J connectivity index is 2.96. The molecule has 1 rings (SSSR count). The SMILES string of the molecule is CCOC(OCC)C(=O)c1cccc(Br)c1F. The summed E-state index contributed by atoms with van der Waals surface area (Å²) in [6, 6.07) is 4.53. The van der Waals surface area contributed by atoms with Gasteiger partial charge < -0.3 is 9.47 Å². The van der Waals surface area contributed by atoms with E-state index in [1.54, 1.807) is 19.9 Å². The van der Waals surface area contributed by atoms with Gasteiger partial charge in [-0.15, -0.1) is 0 Å². The number of ether oxygens (including phenoxy) is 2. The predicted octanol–water partition coefficient (Wildman–Crippen LogP) is 3.17. The highest BCUT2D eigenvalue weighted by Gasteiger charge is 2.24. The van der Waals surface area contributed by atoms with Gasteiger partial charge in [0.25, 0.3) is 0 Å². The third kappa shape index (κ3) is 3.59. The molecular weight excluding hydrogens is 291 g/mol. The Labute approximate surface area is 108 Å². The van der Waals surface area contributed by atoms with Gasteiger partial charge in [0.1, 0.15) is 5.82 Å². The average molecular weight is 305 g/mol. The number of rotatable bonds is 6. The molecule has 17 heavy (non-hydrogen) atoms. The average Bonchev–Trinajstić information content (AvgIpc) is 2.31. The maximum Gasteiger partial charge on any atom is 0.222 e. The van der Waals surface area contributed by atoms with E-state index < -0.39 is 17.9 Å². The van der Waals surface area contributed by atoms with Gasteiger partial charge in [-0.2, -0.15) is 0 Å². The van der Waals surface area contributed by atoms with Crippen molar-refractivity contribution in [2.75, 3.05) is 13.2 Å². The minimum Gasteiger partial charge on any atom is -0.346 e. The Bertz CT molecular complexity index is 389. The highest BCUT2D eigenvalue weighted by atomic mass is 79.9. The molecular formula is C12H14BrFO3. The van der Waals surface area contributed by atoms with Crippen LogP contribution in [0.3, 0.4) is 0 Å². The first-order valence-electron chi connectivity index (χ1n) is 5.33. The van der Waals surface area contributed by atoms with E-state index in [1.807, 2.05) is 0 Å². The van der Waals surface area contributed by atoms with Crippen LogP contribution in [0.25, 0.3) is 0 Å². The van der Waals surface area contributed by atoms with Gasteiger partial charge in [-0.1, -0.05) is 6.07 Å². The lowest BCUT2D eigenvalue weighted by molar-refractivity contribution is -0.107. The molecule has 0 fully saturated rings. The summed E-state index contributed by atoms with van der Waals surface area (Å²) in [5, 5.41) is 0. The van der Waals surface area contributed by atoms with Crippen molar-refractivity contribution in [2.24, 2.45) is 0 Å². The molecule has 0 aliphatic carbocycles. The van der Waals surface area contributed by atoms with E-state index in [2.05, 4.69) is 15.9 Å². The minimum absolute atomic E-state index is 0.0359. The number of Topliss-reactive ketones (excluding diaryl/α,β-unsaturated/α-hetero) is 1. The molecule has 0 spiro atoms. The lowest BCUT2D eigenvalue weighted by Gasteiger charge is -2.16. The molecule has 0 radical (unpaired) electrons. The van der Waals surface area contributed by atoms with Gasteiger partial charge >= 0.3 is 0 Å². The number of carbonyl (C=O) groups excluding carboxylic acids is 1. The summed E-state index contributed by atoms with van der Waals surface area (Å²) >= 11 is 3.03. The van der Waals surface area contributed by atoms with E-state index in [0.717, 1.165) is 0 Å². The zero-order valence-electron chi connectivity index (χ0n) is 9.70. The van der Waals surface area contributed by atoms with Crippen molar-refractivity contribution in [3.8, 4) is 0 Å². The van der Waals surface area contributed by atoms with Crippen LogP contribution in [0.1, 0.15) is 24.2 Å². The number of hydrogen-bond donors (Lipinski definition) is 0. The van der Waals surface area contributed by atoms with Gasteiger partial charge in [0.15, 0.2) is 0 Å². The van der Waals surface area contributed by atoms with Gasteiger partial charge in [-0.05, 0) is 41.9 Å². The first-order valence-corrected chi connectivity index (χ1v) is 6.12. The maximum absolute atomic E-state index is 13.7. The number of halogens is 2. The molecule has 0 saturated heterocycles. The molecule has 5 heteroatoms. The van der Waals surface area contributed by atoms with Gasteiger partial charge in [0, 0.05) is 13.2 Å². The fourth-order valence-electron chi connectivity index (χ4n) is 1.32. The van der Waals surface area contributed by atoms with E-state index in [1.165, 1.54) is 12.1 Å². The number of hydrogen-bond acceptors (Lipinski definition) is 3. The molecule has 0 amide bonds. The molecule has 0 bridgehead atoms. The zero-order chi connectivity index (χ0) is 12.8. The highest BCUT2D eigenvalue weighted by Crippen LogP contribution is 2.20. The maximum atomic E-state index is 13.7. The van der Waals surface area contributed by atoms with Crippen molar-refractivity contribution in [2.45, 2.75) is 20.1 Å². The van der Waals surface area contributed by atoms with Crippen LogP contribution in [-0.2, 0) is 9.47 Å². The monoisotopic (exact) mass is 304 g/mol. The minimum atomic E-state index is -1.05. The third-order valence-electron chi connectivity index (χ3n) is 2.07. The predicted molar refractivity (Wildman–Crippen MR) is 65.5 cm³/mol. The van der Waals surface area contributed by atoms with Crippen LogP contribution in [0.2, 0.25) is 0 Å². The Morgan fingerprint density at radius 1 is 1.35 bits per heavy atom. The molecule has 1 aromatic carbocycles. The van der Waals surface area contributed by atoms with E-state index >= 15 is 0 Å². The molecule has 0 aliphatic heterocycles. The van der Waals surface area contributed by atoms with Crippen LogP contribution >= 0.6 is 15.9 Å². The molecule has 0 N–H and O–H groups in total. The van der Waals surface area contributed by atoms with E-state index in [9.17, 15) is 9.18 Å². The number of carbonyl (C=O) groups is 1. The summed E-state index contributed by atoms with van der Waals surface area (Å²) in [5.74, 6) is -1.10. The van der Waals surface area contributed by atoms with Crippen molar-refractivity contribution < 1.29 is 18.7 Å². The lowest BCUT2D eigenvalue weighted by Crippen LogP contribution is -2.28. The lowest BCUT2D eigenvalue weighted by atomic mass is 10.1. The standard InChI is InChI=1S/C12H14BrFO3/c1-3-16-12(17-4-2)11(15)8-6-5-7-9(13)10(8)14/h5-7,12H,3-4H2,1-2H3. The molecule has 0 aromatic heterocycles. The fraction of sp³-hybridized carbons (Fsp3) is 0.417. The van der Waals surface area contributed by atoms with Gasteiger partial charge in [0.05, 0.1) is 10.0 Å². The van der Waals surface area contributed by atoms with Gasteiger partial charge in [-0.25, -0.2) is 4.39 Å². The normalized spacial score (nSPS) is 10.9. The molecule has 0 saturated carbocycles. The Morgan fingerprint density at radius 3 is 2.47 bits per heavy atom. The second kappa shape index (κ2) is 6.83. The van der Waals surface area contributed by atoms with Gasteiger partial charge in [0.2, 0.25) is 12.1 Å². The smallest absolute Gasteiger partial charge is 0.222 e. The Kier molecular flexibility index (Phi) is 5.74. The van der Waals surface area contributed by atoms with Crippen molar-refractivity contribution in [3.63, 3.8) is 0 Å². The van der Waals surface area contributed by atoms with Gasteiger partial charge in [-0.3, -0.25) is 4.79 Å². The van der Waals surface area contributed by atoms with E-state index in [-0.39, 0.29) is 10.0 Å². The van der Waals surface area contributed by atoms with E-state index in [0.29, 0.717) is 13.2 Å². The summed E-state index contributed by atoms with van der Waals surface area (Å²) < 4.78 is 24.2. The first-order chi connectivity index (χ1) is 8.11. The molecule has 0 aliphatic rings. The first kappa shape index (κ1) is 14.3. The quantitative estimate of drug-likeness (QED) is 0.598. The second-order valence-corrected chi connectivity index (χ2v) is 4.06. The summed E-state index contributed by atoms with van der Waals surface area (Å²) in [7, 11) is 0. The summed E-state index contributed by atoms with van der Waals surface area (Å²) in [6.45, 7) is 4.14. The van der Waals surface area contributed by atoms with Crippen LogP contribution in [-0.4, -0.2) is 25.3 Å². The Morgan fingerprint density at radius 2 is 1.94 bits per heavy atom. The third-order valence-corrected chi connectivity index (χ3v) is 2.68. The molecule has 0 heterocycles. The van der Waals surface area contributed by atoms with Crippen LogP contribution in [0.5, 0.6) is 0 Å². The molecule has 0 atom stereocenters. The topological polar surface area (TPSA) is 35.5 Å². The van der Waals surface area contributed by atoms with Crippen LogP contribution in [0.15, 0.2) is 22.7 Å². The molecule has 94 valence electrons. The molecule has 3 nitrogen and oxygen atoms in total. The molecule has 1 aromatic rings. The van der Waals surface area contributed by atoms with Crippen LogP contribution < -0.4 is 0 Å². The van der Waals surface area contributed by atoms with Crippen LogP contribution in [0.4, 0.5) is 4.39 Å². The van der Waals surface area contributed by atoms with Crippen molar-refractivity contribution in [1.29, 1.82) is 0 Å². The van der Waals surface area contributed by atoms with Crippen molar-refractivity contribution in [3.05, 3.63) is 34.1 Å². The number of benzene rings is 1. The zero-order valence-corrected chi connectivity index (χ0v) is 11.3. The summed E-state index contributed by atoms with van der Waals surface area (Å²) in [4.78, 5) is 12.0. The Hall–Kier alpha value is -0.780. The second-order valence-electron chi connectivity index (χ2n) is 3.21. The molecule has 0 unspecified atom stereocenters. The fourth-order valence-corrected chi connectivity index (χ4v) is 1.69. The number of ketones is 1. The largest absolute Gasteiger partial charge is 0.346 e. The van der Waals surface area contributed by atoms with Crippen molar-refractivity contribution in [1.82, 2.24) is 0 Å². The summed E-state index contributed by atoms with van der Waals surface area (Å²) in [5.41, 5.74) is -0.0359. The van der Waals surface area contributed by atoms with E-state index in [4.69, 9.17) is 9.47 Å². The highest BCUT2D eigenvalue weighted by molar-refractivity contribution is 9.10. The van der Waals surface area contributed by atoms with Crippen LogP contribution in [0, 0.1) is 5.82 Å².